The van der Waals surface area contributed by atoms with Crippen LogP contribution >= 0.6 is 0 Å². The zero-order valence-corrected chi connectivity index (χ0v) is 18.7. The van der Waals surface area contributed by atoms with Crippen molar-refractivity contribution in [2.24, 2.45) is 12.0 Å². The molecule has 0 atom stereocenters. The number of hydrogen-bond donors (Lipinski definition) is 0. The summed E-state index contributed by atoms with van der Waals surface area (Å²) in [5.41, 5.74) is 8.51. The van der Waals surface area contributed by atoms with Crippen LogP contribution in [0.15, 0.2) is 83.8 Å². The number of fused-ring (bicyclic) bond motifs is 1. The summed E-state index contributed by atoms with van der Waals surface area (Å²) in [7, 11) is 1.91. The molecular weight excluding hydrogens is 384 g/mol. The van der Waals surface area contributed by atoms with E-state index in [1.54, 1.807) is 6.92 Å². The minimum absolute atomic E-state index is 0.705. The standard InChI is InChI=1S/C16H16N2.C10H12N2O/c1-11-4-7-14(8-5-11)16-13(3)18-10-12(2)6-9-15(18)17-16;1-9(6-8-13)11-10-5-3-4-7-12(10)2/h4-10H,1-3H3;3-8H,1-2H3/b;9-6+,11-10?. The van der Waals surface area contributed by atoms with Crippen LogP contribution in [-0.4, -0.2) is 20.2 Å². The highest BCUT2D eigenvalue weighted by Gasteiger charge is 2.09. The van der Waals surface area contributed by atoms with Gasteiger partial charge >= 0.3 is 0 Å². The number of carbonyl (C=O) groups excluding carboxylic acids is 1. The fourth-order valence-corrected chi connectivity index (χ4v) is 3.20. The van der Waals surface area contributed by atoms with Crippen molar-refractivity contribution >= 4 is 11.9 Å². The lowest BCUT2D eigenvalue weighted by molar-refractivity contribution is -0.104. The van der Waals surface area contributed by atoms with Gasteiger partial charge in [0.1, 0.15) is 17.4 Å². The second kappa shape index (κ2) is 9.85. The van der Waals surface area contributed by atoms with E-state index in [-0.39, 0.29) is 0 Å². The minimum atomic E-state index is 0.705. The Labute approximate surface area is 183 Å². The molecule has 3 aromatic heterocycles. The third kappa shape index (κ3) is 5.45. The van der Waals surface area contributed by atoms with Crippen molar-refractivity contribution in [3.8, 4) is 11.3 Å². The molecule has 5 nitrogen and oxygen atoms in total. The van der Waals surface area contributed by atoms with Gasteiger partial charge in [-0.15, -0.1) is 0 Å². The van der Waals surface area contributed by atoms with Crippen LogP contribution in [0.5, 0.6) is 0 Å². The number of allylic oxidation sites excluding steroid dienone is 2. The Kier molecular flexibility index (Phi) is 6.98. The van der Waals surface area contributed by atoms with Crippen LogP contribution in [0.3, 0.4) is 0 Å². The second-order valence-electron chi connectivity index (χ2n) is 7.57. The molecule has 0 aliphatic carbocycles. The molecular formula is C26H28N4O. The van der Waals surface area contributed by atoms with E-state index in [0.29, 0.717) is 5.70 Å². The smallest absolute Gasteiger partial charge is 0.144 e. The highest BCUT2D eigenvalue weighted by molar-refractivity contribution is 5.66. The molecule has 0 radical (unpaired) electrons. The van der Waals surface area contributed by atoms with Gasteiger partial charge in [0, 0.05) is 36.4 Å². The zero-order chi connectivity index (χ0) is 22.4. The van der Waals surface area contributed by atoms with Gasteiger partial charge in [0.05, 0.1) is 5.69 Å². The molecule has 0 spiro atoms. The van der Waals surface area contributed by atoms with Crippen molar-refractivity contribution in [3.05, 3.63) is 101 Å². The first-order valence-corrected chi connectivity index (χ1v) is 10.2. The van der Waals surface area contributed by atoms with Gasteiger partial charge in [-0.25, -0.2) is 9.98 Å². The van der Waals surface area contributed by atoms with Crippen molar-refractivity contribution in [2.45, 2.75) is 27.7 Å². The highest BCUT2D eigenvalue weighted by atomic mass is 16.1. The number of carbonyl (C=O) groups is 1. The van der Waals surface area contributed by atoms with Gasteiger partial charge < -0.3 is 8.97 Å². The molecule has 0 bridgehead atoms. The predicted molar refractivity (Wildman–Crippen MR) is 126 cm³/mol. The van der Waals surface area contributed by atoms with Gasteiger partial charge in [0.2, 0.25) is 0 Å². The number of rotatable bonds is 3. The SMILES string of the molecule is C/C(=C\C=O)N=c1ccccn1C.Cc1ccc(-c2nc3ccc(C)cn3c2C)cc1. The normalized spacial score (nSPS) is 11.9. The lowest BCUT2D eigenvalue weighted by Gasteiger charge is -2.00. The van der Waals surface area contributed by atoms with Gasteiger partial charge in [-0.2, -0.15) is 0 Å². The summed E-state index contributed by atoms with van der Waals surface area (Å²) >= 11 is 0. The molecule has 0 unspecified atom stereocenters. The molecule has 0 aliphatic rings. The monoisotopic (exact) mass is 412 g/mol. The Morgan fingerprint density at radius 3 is 2.35 bits per heavy atom. The average Bonchev–Trinajstić information content (AvgIpc) is 3.07. The number of imidazole rings is 1. The van der Waals surface area contributed by atoms with Crippen LogP contribution in [0, 0.1) is 20.8 Å². The summed E-state index contributed by atoms with van der Waals surface area (Å²) in [6.45, 7) is 8.12. The molecule has 0 saturated carbocycles. The molecule has 31 heavy (non-hydrogen) atoms. The van der Waals surface area contributed by atoms with Crippen molar-refractivity contribution < 1.29 is 4.79 Å². The summed E-state index contributed by atoms with van der Waals surface area (Å²) in [6, 6.07) is 18.4. The van der Waals surface area contributed by atoms with Gasteiger partial charge in [0.25, 0.3) is 0 Å². The van der Waals surface area contributed by atoms with Gasteiger partial charge in [-0.05, 0) is 57.5 Å². The minimum Gasteiger partial charge on any atom is -0.336 e. The number of aromatic nitrogens is 3. The first-order chi connectivity index (χ1) is 14.9. The lowest BCUT2D eigenvalue weighted by Crippen LogP contribution is -2.15. The maximum absolute atomic E-state index is 10.1. The fourth-order valence-electron chi connectivity index (χ4n) is 3.20. The molecule has 0 aliphatic heterocycles. The Morgan fingerprint density at radius 2 is 1.68 bits per heavy atom. The van der Waals surface area contributed by atoms with E-state index in [2.05, 4.69) is 72.8 Å². The molecule has 0 amide bonds. The fraction of sp³-hybridized carbons (Fsp3) is 0.192. The molecule has 4 rings (SSSR count). The van der Waals surface area contributed by atoms with Crippen LogP contribution in [0.1, 0.15) is 23.7 Å². The molecule has 3 heterocycles. The summed E-state index contributed by atoms with van der Waals surface area (Å²) in [5.74, 6) is 0. The molecule has 0 saturated heterocycles. The zero-order valence-electron chi connectivity index (χ0n) is 18.7. The second-order valence-corrected chi connectivity index (χ2v) is 7.57. The van der Waals surface area contributed by atoms with E-state index in [1.165, 1.54) is 28.5 Å². The van der Waals surface area contributed by atoms with Gasteiger partial charge in [-0.3, -0.25) is 4.79 Å². The van der Waals surface area contributed by atoms with E-state index in [4.69, 9.17) is 4.98 Å². The topological polar surface area (TPSA) is 51.7 Å². The van der Waals surface area contributed by atoms with Crippen molar-refractivity contribution in [1.29, 1.82) is 0 Å². The van der Waals surface area contributed by atoms with Crippen molar-refractivity contribution in [2.75, 3.05) is 0 Å². The molecule has 5 heteroatoms. The molecule has 0 fully saturated rings. The summed E-state index contributed by atoms with van der Waals surface area (Å²) < 4.78 is 4.05. The maximum atomic E-state index is 10.1. The summed E-state index contributed by atoms with van der Waals surface area (Å²) in [6.07, 6.45) is 6.22. The largest absolute Gasteiger partial charge is 0.336 e. The Bertz CT molecular complexity index is 1290. The third-order valence-electron chi connectivity index (χ3n) is 4.96. The summed E-state index contributed by atoms with van der Waals surface area (Å²) in [5, 5.41) is 0. The molecule has 0 N–H and O–H groups in total. The predicted octanol–water partition coefficient (Wildman–Crippen LogP) is 4.96. The number of benzene rings is 1. The Hall–Kier alpha value is -3.73. The van der Waals surface area contributed by atoms with E-state index in [1.807, 2.05) is 36.0 Å². The number of pyridine rings is 2. The Balaban J connectivity index is 0.000000187. The number of hydrogen-bond acceptors (Lipinski definition) is 3. The van der Waals surface area contributed by atoms with E-state index in [9.17, 15) is 4.79 Å². The van der Waals surface area contributed by atoms with Crippen LogP contribution in [-0.2, 0) is 11.8 Å². The average molecular weight is 413 g/mol. The lowest BCUT2D eigenvalue weighted by atomic mass is 10.1. The molecule has 4 aromatic rings. The van der Waals surface area contributed by atoms with Gasteiger partial charge in [-0.1, -0.05) is 42.0 Å². The van der Waals surface area contributed by atoms with E-state index >= 15 is 0 Å². The first-order valence-electron chi connectivity index (χ1n) is 10.2. The number of aryl methyl sites for hydroxylation is 4. The number of aldehydes is 1. The summed E-state index contributed by atoms with van der Waals surface area (Å²) in [4.78, 5) is 19.1. The van der Waals surface area contributed by atoms with Crippen molar-refractivity contribution in [3.63, 3.8) is 0 Å². The van der Waals surface area contributed by atoms with Crippen LogP contribution in [0.4, 0.5) is 0 Å². The van der Waals surface area contributed by atoms with Crippen LogP contribution in [0.25, 0.3) is 16.9 Å². The van der Waals surface area contributed by atoms with E-state index in [0.717, 1.165) is 23.1 Å². The first kappa shape index (κ1) is 22.0. The molecule has 158 valence electrons. The van der Waals surface area contributed by atoms with E-state index < -0.39 is 0 Å². The molecule has 1 aromatic carbocycles. The third-order valence-corrected chi connectivity index (χ3v) is 4.96. The van der Waals surface area contributed by atoms with Crippen LogP contribution in [0.2, 0.25) is 0 Å². The highest BCUT2D eigenvalue weighted by Crippen LogP contribution is 2.24. The number of nitrogens with zero attached hydrogens (tertiary/aromatic N) is 4. The van der Waals surface area contributed by atoms with Crippen molar-refractivity contribution in [1.82, 2.24) is 14.0 Å². The van der Waals surface area contributed by atoms with Crippen LogP contribution < -0.4 is 5.49 Å². The quantitative estimate of drug-likeness (QED) is 0.353. The van der Waals surface area contributed by atoms with Gasteiger partial charge in [0.15, 0.2) is 0 Å². The Morgan fingerprint density at radius 1 is 0.968 bits per heavy atom. The maximum Gasteiger partial charge on any atom is 0.144 e.